The van der Waals surface area contributed by atoms with Crippen LogP contribution in [0.3, 0.4) is 0 Å². The summed E-state index contributed by atoms with van der Waals surface area (Å²) in [5, 5.41) is 2.12. The van der Waals surface area contributed by atoms with Gasteiger partial charge in [-0.1, -0.05) is 0 Å². The number of amides is 1. The lowest BCUT2D eigenvalue weighted by Gasteiger charge is -2.34. The molecule has 3 heterocycles. The van der Waals surface area contributed by atoms with E-state index in [0.29, 0.717) is 23.9 Å². The molecule has 0 radical (unpaired) electrons. The van der Waals surface area contributed by atoms with E-state index >= 15 is 0 Å². The number of nitrogens with zero attached hydrogens (tertiary/aromatic N) is 5. The molecule has 1 saturated heterocycles. The van der Waals surface area contributed by atoms with Crippen molar-refractivity contribution in [1.82, 2.24) is 19.9 Å². The first-order valence-electron chi connectivity index (χ1n) is 6.25. The summed E-state index contributed by atoms with van der Waals surface area (Å²) in [7, 11) is 0. The highest BCUT2D eigenvalue weighted by molar-refractivity contribution is 7.13. The van der Waals surface area contributed by atoms with Crippen LogP contribution in [0.1, 0.15) is 10.5 Å². The van der Waals surface area contributed by atoms with Crippen LogP contribution in [0.25, 0.3) is 0 Å². The summed E-state index contributed by atoms with van der Waals surface area (Å²) in [5.41, 5.74) is 5.99. The highest BCUT2D eigenvalue weighted by Gasteiger charge is 2.24. The van der Waals surface area contributed by atoms with Crippen molar-refractivity contribution in [2.24, 2.45) is 0 Å². The van der Waals surface area contributed by atoms with Crippen LogP contribution < -0.4 is 10.6 Å². The molecule has 0 atom stereocenters. The maximum Gasteiger partial charge on any atom is 0.273 e. The van der Waals surface area contributed by atoms with Gasteiger partial charge in [-0.25, -0.2) is 9.97 Å². The quantitative estimate of drug-likeness (QED) is 0.865. The normalized spacial score (nSPS) is 15.4. The molecule has 0 bridgehead atoms. The van der Waals surface area contributed by atoms with Crippen LogP contribution in [0.4, 0.5) is 10.9 Å². The van der Waals surface area contributed by atoms with Gasteiger partial charge in [0, 0.05) is 44.0 Å². The molecule has 3 rings (SSSR count). The van der Waals surface area contributed by atoms with E-state index in [4.69, 9.17) is 5.73 Å². The van der Waals surface area contributed by atoms with Crippen molar-refractivity contribution in [3.8, 4) is 0 Å². The van der Waals surface area contributed by atoms with Crippen molar-refractivity contribution in [3.63, 3.8) is 0 Å². The topological polar surface area (TPSA) is 88.2 Å². The Morgan fingerprint density at radius 1 is 1.25 bits per heavy atom. The predicted octanol–water partition coefficient (Wildman–Crippen LogP) is 0.478. The second kappa shape index (κ2) is 5.41. The number of piperazine rings is 1. The van der Waals surface area contributed by atoms with Crippen LogP contribution in [0.5, 0.6) is 0 Å². The standard InChI is InChI=1S/C12H14N6OS/c13-12-16-9(8-20-12)11(19)18-5-3-17(4-6-18)10-7-14-1-2-15-10/h1-2,7-8H,3-6H2,(H2,13,16). The third kappa shape index (κ3) is 2.55. The van der Waals surface area contributed by atoms with Gasteiger partial charge in [0.05, 0.1) is 6.20 Å². The summed E-state index contributed by atoms with van der Waals surface area (Å²) in [6.45, 7) is 2.77. The summed E-state index contributed by atoms with van der Waals surface area (Å²) in [5.74, 6) is 0.786. The number of hydrogen-bond acceptors (Lipinski definition) is 7. The molecule has 1 aliphatic rings. The van der Waals surface area contributed by atoms with Gasteiger partial charge < -0.3 is 15.5 Å². The van der Waals surface area contributed by atoms with Crippen molar-refractivity contribution in [2.45, 2.75) is 0 Å². The van der Waals surface area contributed by atoms with Gasteiger partial charge in [0.15, 0.2) is 5.13 Å². The molecule has 0 spiro atoms. The van der Waals surface area contributed by atoms with Crippen LogP contribution >= 0.6 is 11.3 Å². The van der Waals surface area contributed by atoms with Crippen LogP contribution in [0.2, 0.25) is 0 Å². The summed E-state index contributed by atoms with van der Waals surface area (Å²) in [6, 6.07) is 0. The maximum absolute atomic E-state index is 12.2. The van der Waals surface area contributed by atoms with Crippen LogP contribution in [-0.4, -0.2) is 51.9 Å². The average Bonchev–Trinajstić information content (AvgIpc) is 2.94. The van der Waals surface area contributed by atoms with Gasteiger partial charge in [0.2, 0.25) is 0 Å². The SMILES string of the molecule is Nc1nc(C(=O)N2CCN(c3cnccn3)CC2)cs1. The monoisotopic (exact) mass is 290 g/mol. The number of hydrogen-bond donors (Lipinski definition) is 1. The fraction of sp³-hybridized carbons (Fsp3) is 0.333. The molecule has 104 valence electrons. The van der Waals surface area contributed by atoms with Crippen molar-refractivity contribution in [1.29, 1.82) is 0 Å². The van der Waals surface area contributed by atoms with E-state index in [9.17, 15) is 4.79 Å². The average molecular weight is 290 g/mol. The second-order valence-electron chi connectivity index (χ2n) is 4.41. The van der Waals surface area contributed by atoms with Gasteiger partial charge in [-0.15, -0.1) is 11.3 Å². The molecular formula is C12H14N6OS. The molecular weight excluding hydrogens is 276 g/mol. The van der Waals surface area contributed by atoms with Gasteiger partial charge in [-0.3, -0.25) is 9.78 Å². The largest absolute Gasteiger partial charge is 0.375 e. The zero-order chi connectivity index (χ0) is 13.9. The summed E-state index contributed by atoms with van der Waals surface area (Å²) >= 11 is 1.28. The minimum absolute atomic E-state index is 0.0586. The van der Waals surface area contributed by atoms with Gasteiger partial charge in [0.25, 0.3) is 5.91 Å². The molecule has 2 aromatic heterocycles. The van der Waals surface area contributed by atoms with E-state index in [1.807, 2.05) is 0 Å². The lowest BCUT2D eigenvalue weighted by molar-refractivity contribution is 0.0741. The van der Waals surface area contributed by atoms with Gasteiger partial charge >= 0.3 is 0 Å². The number of anilines is 2. The zero-order valence-electron chi connectivity index (χ0n) is 10.8. The minimum atomic E-state index is -0.0586. The van der Waals surface area contributed by atoms with Crippen molar-refractivity contribution >= 4 is 28.2 Å². The fourth-order valence-corrected chi connectivity index (χ4v) is 2.68. The Balaban J connectivity index is 1.63. The first-order chi connectivity index (χ1) is 9.74. The number of thiazole rings is 1. The molecule has 1 amide bonds. The molecule has 0 aromatic carbocycles. The van der Waals surface area contributed by atoms with Gasteiger partial charge in [-0.2, -0.15) is 0 Å². The first kappa shape index (κ1) is 12.8. The molecule has 0 saturated carbocycles. The summed E-state index contributed by atoms with van der Waals surface area (Å²) in [4.78, 5) is 28.5. The number of carbonyl (C=O) groups is 1. The third-order valence-corrected chi connectivity index (χ3v) is 3.86. The highest BCUT2D eigenvalue weighted by atomic mass is 32.1. The Labute approximate surface area is 120 Å². The highest BCUT2D eigenvalue weighted by Crippen LogP contribution is 2.16. The minimum Gasteiger partial charge on any atom is -0.375 e. The van der Waals surface area contributed by atoms with Crippen molar-refractivity contribution < 1.29 is 4.79 Å². The van der Waals surface area contributed by atoms with E-state index in [1.165, 1.54) is 11.3 Å². The molecule has 2 N–H and O–H groups in total. The molecule has 1 fully saturated rings. The fourth-order valence-electron chi connectivity index (χ4n) is 2.14. The Kier molecular flexibility index (Phi) is 3.46. The van der Waals surface area contributed by atoms with Crippen LogP contribution in [-0.2, 0) is 0 Å². The number of nitrogens with two attached hydrogens (primary N) is 1. The lowest BCUT2D eigenvalue weighted by atomic mass is 10.3. The Bertz CT molecular complexity index is 593. The Morgan fingerprint density at radius 3 is 2.65 bits per heavy atom. The van der Waals surface area contributed by atoms with Crippen LogP contribution in [0.15, 0.2) is 24.0 Å². The Hall–Kier alpha value is -2.22. The number of aromatic nitrogens is 3. The smallest absolute Gasteiger partial charge is 0.273 e. The number of carbonyl (C=O) groups excluding carboxylic acids is 1. The van der Waals surface area contributed by atoms with Crippen LogP contribution in [0, 0.1) is 0 Å². The van der Waals surface area contributed by atoms with E-state index in [2.05, 4.69) is 19.9 Å². The van der Waals surface area contributed by atoms with Gasteiger partial charge in [-0.05, 0) is 0 Å². The summed E-state index contributed by atoms with van der Waals surface area (Å²) in [6.07, 6.45) is 5.06. The molecule has 7 nitrogen and oxygen atoms in total. The van der Waals surface area contributed by atoms with E-state index in [0.717, 1.165) is 18.9 Å². The summed E-state index contributed by atoms with van der Waals surface area (Å²) < 4.78 is 0. The molecule has 20 heavy (non-hydrogen) atoms. The predicted molar refractivity (Wildman–Crippen MR) is 76.7 cm³/mol. The molecule has 2 aromatic rings. The van der Waals surface area contributed by atoms with E-state index in [1.54, 1.807) is 28.9 Å². The first-order valence-corrected chi connectivity index (χ1v) is 7.13. The third-order valence-electron chi connectivity index (χ3n) is 3.18. The zero-order valence-corrected chi connectivity index (χ0v) is 11.6. The van der Waals surface area contributed by atoms with Crippen molar-refractivity contribution in [2.75, 3.05) is 36.8 Å². The second-order valence-corrected chi connectivity index (χ2v) is 5.30. The number of rotatable bonds is 2. The molecule has 1 aliphatic heterocycles. The molecule has 0 unspecified atom stereocenters. The molecule has 0 aliphatic carbocycles. The maximum atomic E-state index is 12.2. The van der Waals surface area contributed by atoms with Crippen molar-refractivity contribution in [3.05, 3.63) is 29.7 Å². The lowest BCUT2D eigenvalue weighted by Crippen LogP contribution is -2.49. The molecule has 8 heteroatoms. The number of nitrogen functional groups attached to an aromatic ring is 1. The van der Waals surface area contributed by atoms with E-state index in [-0.39, 0.29) is 5.91 Å². The Morgan fingerprint density at radius 2 is 2.05 bits per heavy atom. The van der Waals surface area contributed by atoms with E-state index < -0.39 is 0 Å². The van der Waals surface area contributed by atoms with Gasteiger partial charge in [0.1, 0.15) is 11.5 Å².